The van der Waals surface area contributed by atoms with E-state index in [4.69, 9.17) is 11.6 Å². The normalized spacial score (nSPS) is 19.6. The number of nitrogens with one attached hydrogen (secondary N) is 2. The van der Waals surface area contributed by atoms with Crippen molar-refractivity contribution in [3.05, 3.63) is 46.1 Å². The third-order valence-electron chi connectivity index (χ3n) is 5.01. The molecule has 3 heterocycles. The van der Waals surface area contributed by atoms with Gasteiger partial charge in [-0.25, -0.2) is 0 Å². The molecule has 2 atom stereocenters. The quantitative estimate of drug-likeness (QED) is 0.791. The molecule has 27 heavy (non-hydrogen) atoms. The molecule has 0 bridgehead atoms. The molecule has 2 amide bonds. The molecule has 0 fully saturated rings. The lowest BCUT2D eigenvalue weighted by Crippen LogP contribution is -2.42. The van der Waals surface area contributed by atoms with Gasteiger partial charge in [0.2, 0.25) is 0 Å². The van der Waals surface area contributed by atoms with E-state index in [1.165, 1.54) is 4.90 Å². The number of aromatic nitrogens is 2. The summed E-state index contributed by atoms with van der Waals surface area (Å²) in [6.07, 6.45) is -0.191. The average molecular weight is 388 g/mol. The van der Waals surface area contributed by atoms with Gasteiger partial charge in [0.15, 0.2) is 5.82 Å². The molecule has 0 saturated heterocycles. The third kappa shape index (κ3) is 2.77. The van der Waals surface area contributed by atoms with Crippen molar-refractivity contribution in [1.82, 2.24) is 14.8 Å². The average Bonchev–Trinajstić information content (AvgIpc) is 3.23. The number of carbonyl (C=O) groups is 2. The van der Waals surface area contributed by atoms with E-state index in [1.807, 2.05) is 6.92 Å². The van der Waals surface area contributed by atoms with Crippen molar-refractivity contribution in [2.75, 3.05) is 17.3 Å². The van der Waals surface area contributed by atoms with E-state index < -0.39 is 0 Å². The number of nitrogens with zero attached hydrogens (tertiary/aromatic N) is 3. The molecule has 0 saturated carbocycles. The van der Waals surface area contributed by atoms with Gasteiger partial charge in [0.1, 0.15) is 11.2 Å². The lowest BCUT2D eigenvalue weighted by Gasteiger charge is -2.25. The standard InChI is InChI=1S/C19H22ClN5O2/c1-10(9-24-17(26)11-7-5-6-8-12(11)18(24)27)15-21-16-13(20)14(19(2,3)4)22-25(16)23-15/h5-8,10,15,21,23H,9H2,1-4H3. The first kappa shape index (κ1) is 17.9. The maximum Gasteiger partial charge on any atom is 0.261 e. The number of amides is 2. The first-order chi connectivity index (χ1) is 12.7. The Morgan fingerprint density at radius 1 is 1.19 bits per heavy atom. The van der Waals surface area contributed by atoms with Crippen LogP contribution in [0.5, 0.6) is 0 Å². The van der Waals surface area contributed by atoms with Crippen molar-refractivity contribution in [3.63, 3.8) is 0 Å². The molecule has 2 aliphatic heterocycles. The van der Waals surface area contributed by atoms with Crippen molar-refractivity contribution >= 4 is 29.2 Å². The fourth-order valence-electron chi connectivity index (χ4n) is 3.48. The first-order valence-electron chi connectivity index (χ1n) is 8.96. The van der Waals surface area contributed by atoms with Crippen LogP contribution in [0, 0.1) is 5.92 Å². The van der Waals surface area contributed by atoms with E-state index >= 15 is 0 Å². The van der Waals surface area contributed by atoms with Gasteiger partial charge in [0, 0.05) is 17.9 Å². The summed E-state index contributed by atoms with van der Waals surface area (Å²) in [7, 11) is 0. The van der Waals surface area contributed by atoms with Gasteiger partial charge < -0.3 is 5.32 Å². The molecule has 2 N–H and O–H groups in total. The van der Waals surface area contributed by atoms with Crippen LogP contribution in [0.15, 0.2) is 24.3 Å². The highest BCUT2D eigenvalue weighted by Crippen LogP contribution is 2.36. The van der Waals surface area contributed by atoms with Crippen LogP contribution in [-0.4, -0.2) is 39.3 Å². The van der Waals surface area contributed by atoms with Crippen LogP contribution >= 0.6 is 11.6 Å². The molecule has 2 unspecified atom stereocenters. The van der Waals surface area contributed by atoms with Crippen molar-refractivity contribution in [2.24, 2.45) is 5.92 Å². The number of rotatable bonds is 3. The summed E-state index contributed by atoms with van der Waals surface area (Å²) in [5.41, 5.74) is 4.83. The number of halogens is 1. The molecular formula is C19H22ClN5O2. The van der Waals surface area contributed by atoms with Crippen LogP contribution in [0.2, 0.25) is 5.02 Å². The number of carbonyl (C=O) groups excluding carboxylic acids is 2. The number of hydrogen-bond donors (Lipinski definition) is 2. The van der Waals surface area contributed by atoms with Gasteiger partial charge in [-0.05, 0) is 12.1 Å². The van der Waals surface area contributed by atoms with Crippen molar-refractivity contribution in [3.8, 4) is 0 Å². The lowest BCUT2D eigenvalue weighted by atomic mass is 9.92. The number of anilines is 1. The predicted molar refractivity (Wildman–Crippen MR) is 104 cm³/mol. The molecule has 2 aliphatic rings. The number of hydrogen-bond acceptors (Lipinski definition) is 5. The first-order valence-corrected chi connectivity index (χ1v) is 9.33. The fraction of sp³-hybridized carbons (Fsp3) is 0.421. The third-order valence-corrected chi connectivity index (χ3v) is 5.37. The minimum absolute atomic E-state index is 0.0527. The molecule has 0 spiro atoms. The van der Waals surface area contributed by atoms with E-state index in [1.54, 1.807) is 29.1 Å². The Labute approximate surface area is 162 Å². The molecule has 4 rings (SSSR count). The van der Waals surface area contributed by atoms with Crippen LogP contribution in [0.3, 0.4) is 0 Å². The molecule has 7 nitrogen and oxygen atoms in total. The maximum atomic E-state index is 12.6. The Morgan fingerprint density at radius 3 is 2.30 bits per heavy atom. The lowest BCUT2D eigenvalue weighted by molar-refractivity contribution is 0.0629. The Hall–Kier alpha value is -2.54. The van der Waals surface area contributed by atoms with Gasteiger partial charge in [-0.2, -0.15) is 9.89 Å². The van der Waals surface area contributed by atoms with Crippen molar-refractivity contribution in [1.29, 1.82) is 0 Å². The smallest absolute Gasteiger partial charge is 0.261 e. The van der Waals surface area contributed by atoms with Gasteiger partial charge in [0.25, 0.3) is 11.8 Å². The van der Waals surface area contributed by atoms with Gasteiger partial charge in [-0.1, -0.05) is 51.4 Å². The van der Waals surface area contributed by atoms with Crippen LogP contribution in [0.4, 0.5) is 5.82 Å². The Bertz CT molecular complexity index is 911. The van der Waals surface area contributed by atoms with Gasteiger partial charge in [0.05, 0.1) is 16.8 Å². The number of benzene rings is 1. The molecule has 1 aromatic carbocycles. The van der Waals surface area contributed by atoms with Gasteiger partial charge >= 0.3 is 0 Å². The van der Waals surface area contributed by atoms with Gasteiger partial charge in [-0.15, -0.1) is 0 Å². The topological polar surface area (TPSA) is 79.3 Å². The number of imide groups is 1. The molecule has 0 aliphatic carbocycles. The van der Waals surface area contributed by atoms with Crippen molar-refractivity contribution in [2.45, 2.75) is 39.3 Å². The maximum absolute atomic E-state index is 12.6. The summed E-state index contributed by atoms with van der Waals surface area (Å²) >= 11 is 6.50. The Morgan fingerprint density at radius 2 is 1.78 bits per heavy atom. The molecule has 142 valence electrons. The highest BCUT2D eigenvalue weighted by molar-refractivity contribution is 6.33. The second-order valence-corrected chi connectivity index (χ2v) is 8.55. The van der Waals surface area contributed by atoms with E-state index in [0.717, 1.165) is 5.69 Å². The molecular weight excluding hydrogens is 366 g/mol. The van der Waals surface area contributed by atoms with Crippen LogP contribution in [-0.2, 0) is 5.41 Å². The van der Waals surface area contributed by atoms with Gasteiger partial charge in [-0.3, -0.25) is 19.9 Å². The highest BCUT2D eigenvalue weighted by Gasteiger charge is 2.39. The zero-order chi connectivity index (χ0) is 19.5. The summed E-state index contributed by atoms with van der Waals surface area (Å²) in [5.74, 6) is 0.168. The molecule has 1 aromatic heterocycles. The van der Waals surface area contributed by atoms with Crippen LogP contribution < -0.4 is 10.7 Å². The zero-order valence-electron chi connectivity index (χ0n) is 15.7. The van der Waals surface area contributed by atoms with Crippen molar-refractivity contribution < 1.29 is 9.59 Å². The number of fused-ring (bicyclic) bond motifs is 2. The Balaban J connectivity index is 1.48. The SMILES string of the molecule is CC(CN1C(=O)c2ccccc2C1=O)C1Nc2c(Cl)c(C(C)(C)C)nn2N1. The summed E-state index contributed by atoms with van der Waals surface area (Å²) in [5, 5.41) is 8.47. The molecule has 2 aromatic rings. The largest absolute Gasteiger partial charge is 0.346 e. The zero-order valence-corrected chi connectivity index (χ0v) is 16.5. The fourth-order valence-corrected chi connectivity index (χ4v) is 3.93. The Kier molecular flexibility index (Phi) is 3.96. The summed E-state index contributed by atoms with van der Waals surface area (Å²) in [4.78, 5) is 28.1. The second-order valence-electron chi connectivity index (χ2n) is 8.17. The highest BCUT2D eigenvalue weighted by atomic mass is 35.5. The van der Waals surface area contributed by atoms with E-state index in [9.17, 15) is 9.59 Å². The minimum atomic E-state index is -0.244. The monoisotopic (exact) mass is 387 g/mol. The minimum Gasteiger partial charge on any atom is -0.346 e. The van der Waals surface area contributed by atoms with E-state index in [-0.39, 0.29) is 29.3 Å². The summed E-state index contributed by atoms with van der Waals surface area (Å²) < 4.78 is 0. The van der Waals surface area contributed by atoms with Crippen LogP contribution in [0.25, 0.3) is 0 Å². The van der Waals surface area contributed by atoms with E-state index in [2.05, 4.69) is 36.6 Å². The van der Waals surface area contributed by atoms with Crippen LogP contribution in [0.1, 0.15) is 54.1 Å². The summed E-state index contributed by atoms with van der Waals surface area (Å²) in [6, 6.07) is 6.92. The molecule has 8 heteroatoms. The second kappa shape index (κ2) is 5.99. The molecule has 0 radical (unpaired) electrons. The summed E-state index contributed by atoms with van der Waals surface area (Å²) in [6.45, 7) is 8.43. The van der Waals surface area contributed by atoms with E-state index in [0.29, 0.717) is 28.5 Å². The predicted octanol–water partition coefficient (Wildman–Crippen LogP) is 3.06.